The normalized spacial score (nSPS) is 21.3. The topological polar surface area (TPSA) is 42.4 Å². The van der Waals surface area contributed by atoms with Crippen LogP contribution in [-0.2, 0) is 9.53 Å². The third kappa shape index (κ3) is 4.41. The second-order valence-electron chi connectivity index (χ2n) is 6.56. The fourth-order valence-electron chi connectivity index (χ4n) is 3.24. The molecule has 0 aromatic carbocycles. The molecule has 1 amide bonds. The minimum Gasteiger partial charge on any atom is -0.385 e. The van der Waals surface area contributed by atoms with Gasteiger partial charge >= 0.3 is 0 Å². The molecule has 0 N–H and O–H groups in total. The highest BCUT2D eigenvalue weighted by Gasteiger charge is 2.34. The monoisotopic (exact) mass is 316 g/mol. The van der Waals surface area contributed by atoms with Crippen molar-refractivity contribution in [2.45, 2.75) is 38.5 Å². The van der Waals surface area contributed by atoms with Crippen molar-refractivity contribution >= 4 is 5.91 Å². The molecule has 0 aliphatic carbocycles. The molecular weight excluding hydrogens is 288 g/mol. The molecule has 2 rings (SSSR count). The Morgan fingerprint density at radius 1 is 1.43 bits per heavy atom. The van der Waals surface area contributed by atoms with Crippen molar-refractivity contribution in [3.63, 3.8) is 0 Å². The molecule has 23 heavy (non-hydrogen) atoms. The molecular formula is C19H28N2O2. The standard InChI is InChI=1S/C19H28N2O2/c1-4-19(2,10-15-23-3)18(22)21-13-5-6-16(9-14-21)17-7-11-20-12-8-17/h4,7-8,11-12,16H,1,5-6,9-10,13-15H2,2-3H3. The van der Waals surface area contributed by atoms with Gasteiger partial charge in [-0.3, -0.25) is 9.78 Å². The molecule has 0 saturated carbocycles. The van der Waals surface area contributed by atoms with Gasteiger partial charge in [0.2, 0.25) is 5.91 Å². The van der Waals surface area contributed by atoms with E-state index in [1.165, 1.54) is 5.56 Å². The Bertz CT molecular complexity index is 517. The van der Waals surface area contributed by atoms with Crippen molar-refractivity contribution in [1.29, 1.82) is 0 Å². The Balaban J connectivity index is 2.02. The summed E-state index contributed by atoms with van der Waals surface area (Å²) in [7, 11) is 1.67. The lowest BCUT2D eigenvalue weighted by Crippen LogP contribution is -2.42. The van der Waals surface area contributed by atoms with Gasteiger partial charge in [-0.25, -0.2) is 0 Å². The maximum absolute atomic E-state index is 12.9. The molecule has 0 radical (unpaired) electrons. The largest absolute Gasteiger partial charge is 0.385 e. The zero-order valence-corrected chi connectivity index (χ0v) is 14.3. The fourth-order valence-corrected chi connectivity index (χ4v) is 3.24. The van der Waals surface area contributed by atoms with E-state index in [4.69, 9.17) is 4.74 Å². The Hall–Kier alpha value is -1.68. The Morgan fingerprint density at radius 3 is 2.83 bits per heavy atom. The molecule has 1 saturated heterocycles. The number of aromatic nitrogens is 1. The van der Waals surface area contributed by atoms with Crippen molar-refractivity contribution in [2.75, 3.05) is 26.8 Å². The van der Waals surface area contributed by atoms with Crippen molar-refractivity contribution in [3.05, 3.63) is 42.7 Å². The van der Waals surface area contributed by atoms with Gasteiger partial charge in [0.1, 0.15) is 0 Å². The number of methoxy groups -OCH3 is 1. The highest BCUT2D eigenvalue weighted by atomic mass is 16.5. The lowest BCUT2D eigenvalue weighted by molar-refractivity contribution is -0.139. The van der Waals surface area contributed by atoms with Crippen LogP contribution in [0.15, 0.2) is 37.2 Å². The van der Waals surface area contributed by atoms with Crippen molar-refractivity contribution in [2.24, 2.45) is 5.41 Å². The summed E-state index contributed by atoms with van der Waals surface area (Å²) in [5, 5.41) is 0. The van der Waals surface area contributed by atoms with Crippen molar-refractivity contribution < 1.29 is 9.53 Å². The highest BCUT2D eigenvalue weighted by Crippen LogP contribution is 2.31. The Kier molecular flexibility index (Phi) is 6.34. The van der Waals surface area contributed by atoms with Crippen LogP contribution in [0.5, 0.6) is 0 Å². The molecule has 4 nitrogen and oxygen atoms in total. The Morgan fingerprint density at radius 2 is 2.17 bits per heavy atom. The van der Waals surface area contributed by atoms with E-state index in [-0.39, 0.29) is 5.91 Å². The van der Waals surface area contributed by atoms with Gasteiger partial charge in [-0.1, -0.05) is 6.08 Å². The van der Waals surface area contributed by atoms with Gasteiger partial charge in [-0.2, -0.15) is 0 Å². The van der Waals surface area contributed by atoms with E-state index in [0.717, 1.165) is 32.4 Å². The molecule has 2 unspecified atom stereocenters. The summed E-state index contributed by atoms with van der Waals surface area (Å²) >= 11 is 0. The lowest BCUT2D eigenvalue weighted by Gasteiger charge is -2.31. The van der Waals surface area contributed by atoms with Gasteiger partial charge in [0.25, 0.3) is 0 Å². The van der Waals surface area contributed by atoms with Crippen LogP contribution in [0.1, 0.15) is 44.1 Å². The number of carbonyl (C=O) groups excluding carboxylic acids is 1. The van der Waals surface area contributed by atoms with Gasteiger partial charge in [0, 0.05) is 39.2 Å². The first-order chi connectivity index (χ1) is 11.1. The van der Waals surface area contributed by atoms with E-state index in [2.05, 4.69) is 23.7 Å². The zero-order chi connectivity index (χ0) is 16.7. The van der Waals surface area contributed by atoms with Crippen LogP contribution in [0, 0.1) is 5.41 Å². The molecule has 0 bridgehead atoms. The van der Waals surface area contributed by atoms with Crippen molar-refractivity contribution in [1.82, 2.24) is 9.88 Å². The van der Waals surface area contributed by atoms with Crippen LogP contribution in [-0.4, -0.2) is 42.6 Å². The number of hydrogen-bond donors (Lipinski definition) is 0. The van der Waals surface area contributed by atoms with E-state index >= 15 is 0 Å². The summed E-state index contributed by atoms with van der Waals surface area (Å²) in [6, 6.07) is 4.18. The number of hydrogen-bond acceptors (Lipinski definition) is 3. The number of pyridine rings is 1. The van der Waals surface area contributed by atoms with Crippen LogP contribution in [0.25, 0.3) is 0 Å². The van der Waals surface area contributed by atoms with Gasteiger partial charge in [0.05, 0.1) is 5.41 Å². The van der Waals surface area contributed by atoms with E-state index in [0.29, 0.717) is 18.9 Å². The average molecular weight is 316 g/mol. The first kappa shape index (κ1) is 17.7. The molecule has 1 aliphatic heterocycles. The van der Waals surface area contributed by atoms with Crippen molar-refractivity contribution in [3.8, 4) is 0 Å². The highest BCUT2D eigenvalue weighted by molar-refractivity contribution is 5.84. The van der Waals surface area contributed by atoms with Gasteiger partial charge in [-0.15, -0.1) is 6.58 Å². The maximum atomic E-state index is 12.9. The third-order valence-corrected chi connectivity index (χ3v) is 4.96. The van der Waals surface area contributed by atoms with Gasteiger partial charge in [-0.05, 0) is 56.2 Å². The first-order valence-electron chi connectivity index (χ1n) is 8.42. The Labute approximate surface area is 139 Å². The summed E-state index contributed by atoms with van der Waals surface area (Å²) in [5.74, 6) is 0.699. The number of rotatable bonds is 6. The predicted octanol–water partition coefficient (Wildman–Crippen LogP) is 3.41. The summed E-state index contributed by atoms with van der Waals surface area (Å²) < 4.78 is 5.15. The molecule has 2 atom stereocenters. The quantitative estimate of drug-likeness (QED) is 0.755. The fraction of sp³-hybridized carbons (Fsp3) is 0.579. The summed E-state index contributed by atoms with van der Waals surface area (Å²) in [6.45, 7) is 8.05. The number of nitrogens with zero attached hydrogens (tertiary/aromatic N) is 2. The minimum atomic E-state index is -0.535. The van der Waals surface area contributed by atoms with Gasteiger partial charge in [0.15, 0.2) is 0 Å². The number of amides is 1. The van der Waals surface area contributed by atoms with E-state index < -0.39 is 5.41 Å². The van der Waals surface area contributed by atoms with E-state index in [1.807, 2.05) is 24.2 Å². The average Bonchev–Trinajstić information content (AvgIpc) is 2.86. The summed E-state index contributed by atoms with van der Waals surface area (Å²) in [6.07, 6.45) is 9.32. The molecule has 1 fully saturated rings. The minimum absolute atomic E-state index is 0.180. The van der Waals surface area contributed by atoms with Crippen LogP contribution in [0.2, 0.25) is 0 Å². The predicted molar refractivity (Wildman–Crippen MR) is 92.2 cm³/mol. The number of carbonyl (C=O) groups is 1. The van der Waals surface area contributed by atoms with E-state index in [9.17, 15) is 4.79 Å². The molecule has 0 spiro atoms. The molecule has 4 heteroatoms. The van der Waals surface area contributed by atoms with Crippen LogP contribution in [0.4, 0.5) is 0 Å². The SMILES string of the molecule is C=CC(C)(CCOC)C(=O)N1CCCC(c2ccncc2)CC1. The van der Waals surface area contributed by atoms with Crippen LogP contribution >= 0.6 is 0 Å². The zero-order valence-electron chi connectivity index (χ0n) is 14.3. The smallest absolute Gasteiger partial charge is 0.232 e. The molecule has 126 valence electrons. The molecule has 2 heterocycles. The molecule has 1 aliphatic rings. The van der Waals surface area contributed by atoms with Crippen LogP contribution < -0.4 is 0 Å². The van der Waals surface area contributed by atoms with E-state index in [1.54, 1.807) is 13.2 Å². The summed E-state index contributed by atoms with van der Waals surface area (Å²) in [4.78, 5) is 19.0. The number of ether oxygens (including phenoxy) is 1. The second kappa shape index (κ2) is 8.25. The lowest BCUT2D eigenvalue weighted by atomic mass is 9.85. The molecule has 1 aromatic rings. The maximum Gasteiger partial charge on any atom is 0.232 e. The van der Waals surface area contributed by atoms with Gasteiger partial charge < -0.3 is 9.64 Å². The number of likely N-dealkylation sites (tertiary alicyclic amines) is 1. The molecule has 1 aromatic heterocycles. The van der Waals surface area contributed by atoms with Crippen LogP contribution in [0.3, 0.4) is 0 Å². The summed E-state index contributed by atoms with van der Waals surface area (Å²) in [5.41, 5.74) is 0.798. The second-order valence-corrected chi connectivity index (χ2v) is 6.56. The third-order valence-electron chi connectivity index (χ3n) is 4.96. The first-order valence-corrected chi connectivity index (χ1v) is 8.42.